The van der Waals surface area contributed by atoms with Crippen molar-refractivity contribution in [1.82, 2.24) is 10.6 Å². The summed E-state index contributed by atoms with van der Waals surface area (Å²) in [6.07, 6.45) is 1.93. The molecular formula is C12H23N3O4. The zero-order valence-electron chi connectivity index (χ0n) is 11.7. The first-order chi connectivity index (χ1) is 8.70. The number of aliphatic carboxylic acids is 1. The lowest BCUT2D eigenvalue weighted by Crippen LogP contribution is -2.50. The van der Waals surface area contributed by atoms with Crippen LogP contribution in [-0.4, -0.2) is 35.6 Å². The summed E-state index contributed by atoms with van der Waals surface area (Å²) in [4.78, 5) is 33.5. The number of unbranched alkanes of at least 4 members (excludes halogenated alkanes) is 1. The van der Waals surface area contributed by atoms with E-state index in [2.05, 4.69) is 10.6 Å². The normalized spacial score (nSPS) is 12.6. The van der Waals surface area contributed by atoms with Gasteiger partial charge >= 0.3 is 12.0 Å². The van der Waals surface area contributed by atoms with Gasteiger partial charge in [-0.25, -0.2) is 9.59 Å². The van der Waals surface area contributed by atoms with Crippen LogP contribution in [0.2, 0.25) is 0 Å². The molecule has 0 aliphatic heterocycles. The van der Waals surface area contributed by atoms with Crippen molar-refractivity contribution in [2.24, 2.45) is 11.1 Å². The fourth-order valence-electron chi connectivity index (χ4n) is 1.26. The average molecular weight is 273 g/mol. The zero-order valence-corrected chi connectivity index (χ0v) is 11.7. The van der Waals surface area contributed by atoms with Gasteiger partial charge in [-0.15, -0.1) is 0 Å². The number of amides is 3. The van der Waals surface area contributed by atoms with Crippen LogP contribution in [0.4, 0.5) is 4.79 Å². The first-order valence-electron chi connectivity index (χ1n) is 6.27. The van der Waals surface area contributed by atoms with Crippen LogP contribution >= 0.6 is 0 Å². The Kier molecular flexibility index (Phi) is 6.89. The fraction of sp³-hybridized carbons (Fsp3) is 0.750. The van der Waals surface area contributed by atoms with Crippen molar-refractivity contribution in [1.29, 1.82) is 0 Å². The minimum Gasteiger partial charge on any atom is -0.480 e. The van der Waals surface area contributed by atoms with Gasteiger partial charge in [-0.3, -0.25) is 4.79 Å². The molecule has 0 spiro atoms. The van der Waals surface area contributed by atoms with Crippen molar-refractivity contribution >= 4 is 17.9 Å². The number of urea groups is 1. The number of nitrogens with two attached hydrogens (primary N) is 1. The van der Waals surface area contributed by atoms with Crippen LogP contribution in [0.25, 0.3) is 0 Å². The summed E-state index contributed by atoms with van der Waals surface area (Å²) < 4.78 is 0. The molecule has 0 heterocycles. The molecule has 3 amide bonds. The van der Waals surface area contributed by atoms with E-state index >= 15 is 0 Å². The van der Waals surface area contributed by atoms with E-state index in [1.54, 1.807) is 13.8 Å². The topological polar surface area (TPSA) is 122 Å². The Hall–Kier alpha value is -1.79. The second-order valence-electron chi connectivity index (χ2n) is 5.11. The van der Waals surface area contributed by atoms with Gasteiger partial charge in [0.25, 0.3) is 0 Å². The largest absolute Gasteiger partial charge is 0.480 e. The third-order valence-electron chi connectivity index (χ3n) is 2.81. The Morgan fingerprint density at radius 1 is 1.32 bits per heavy atom. The number of hydrogen-bond acceptors (Lipinski definition) is 3. The van der Waals surface area contributed by atoms with Gasteiger partial charge in [0, 0.05) is 6.54 Å². The second kappa shape index (κ2) is 7.60. The van der Waals surface area contributed by atoms with Gasteiger partial charge in [0.05, 0.1) is 5.41 Å². The summed E-state index contributed by atoms with van der Waals surface area (Å²) in [5, 5.41) is 13.8. The number of carbonyl (C=O) groups is 3. The van der Waals surface area contributed by atoms with Crippen molar-refractivity contribution in [3.05, 3.63) is 0 Å². The van der Waals surface area contributed by atoms with Crippen molar-refractivity contribution in [3.63, 3.8) is 0 Å². The summed E-state index contributed by atoms with van der Waals surface area (Å²) in [6.45, 7) is 5.19. The molecule has 0 aromatic heterocycles. The summed E-state index contributed by atoms with van der Waals surface area (Å²) in [7, 11) is 0. The number of hydrogen-bond donors (Lipinski definition) is 4. The van der Waals surface area contributed by atoms with Gasteiger partial charge in [-0.1, -0.05) is 19.8 Å². The number of carboxylic acids is 1. The van der Waals surface area contributed by atoms with Gasteiger partial charge in [0.1, 0.15) is 6.04 Å². The zero-order chi connectivity index (χ0) is 15.1. The maximum absolute atomic E-state index is 11.6. The number of nitrogens with one attached hydrogen (secondary N) is 2. The van der Waals surface area contributed by atoms with E-state index in [0.29, 0.717) is 12.8 Å². The van der Waals surface area contributed by atoms with Crippen molar-refractivity contribution in [2.75, 3.05) is 6.54 Å². The predicted molar refractivity (Wildman–Crippen MR) is 70.5 cm³/mol. The van der Waals surface area contributed by atoms with Crippen molar-refractivity contribution in [3.8, 4) is 0 Å². The highest BCUT2D eigenvalue weighted by Gasteiger charge is 2.26. The molecule has 0 aromatic carbocycles. The SMILES string of the molecule is CCCCC(NC(=O)NCC(C)(C)C(N)=O)C(=O)O. The molecule has 0 aromatic rings. The lowest BCUT2D eigenvalue weighted by atomic mass is 9.93. The number of carbonyl (C=O) groups excluding carboxylic acids is 2. The first-order valence-corrected chi connectivity index (χ1v) is 6.27. The Morgan fingerprint density at radius 2 is 1.89 bits per heavy atom. The molecule has 5 N–H and O–H groups in total. The van der Waals surface area contributed by atoms with Crippen LogP contribution in [-0.2, 0) is 9.59 Å². The number of rotatable bonds is 8. The van der Waals surface area contributed by atoms with E-state index in [9.17, 15) is 14.4 Å². The Balaban J connectivity index is 4.27. The average Bonchev–Trinajstić information content (AvgIpc) is 2.31. The van der Waals surface area contributed by atoms with Crippen molar-refractivity contribution in [2.45, 2.75) is 46.1 Å². The maximum atomic E-state index is 11.6. The third kappa shape index (κ3) is 6.64. The lowest BCUT2D eigenvalue weighted by molar-refractivity contribution is -0.139. The van der Waals surface area contributed by atoms with Gasteiger partial charge in [-0.05, 0) is 20.3 Å². The Labute approximate surface area is 112 Å². The molecule has 1 unspecified atom stereocenters. The smallest absolute Gasteiger partial charge is 0.326 e. The Bertz CT molecular complexity index is 342. The van der Waals surface area contributed by atoms with Crippen LogP contribution in [0, 0.1) is 5.41 Å². The molecule has 19 heavy (non-hydrogen) atoms. The van der Waals surface area contributed by atoms with Gasteiger partial charge in [0.15, 0.2) is 0 Å². The molecule has 0 aliphatic carbocycles. The van der Waals surface area contributed by atoms with E-state index < -0.39 is 29.4 Å². The molecule has 0 fully saturated rings. The van der Waals surface area contributed by atoms with Crippen LogP contribution < -0.4 is 16.4 Å². The predicted octanol–water partition coefficient (Wildman–Crippen LogP) is 0.441. The highest BCUT2D eigenvalue weighted by molar-refractivity contribution is 5.84. The molecule has 0 bridgehead atoms. The molecule has 0 aliphatic rings. The van der Waals surface area contributed by atoms with E-state index in [-0.39, 0.29) is 6.54 Å². The lowest BCUT2D eigenvalue weighted by Gasteiger charge is -2.22. The van der Waals surface area contributed by atoms with Gasteiger partial charge < -0.3 is 21.5 Å². The van der Waals surface area contributed by atoms with E-state index in [0.717, 1.165) is 6.42 Å². The first kappa shape index (κ1) is 17.2. The monoisotopic (exact) mass is 273 g/mol. The minimum absolute atomic E-state index is 0.0499. The van der Waals surface area contributed by atoms with E-state index in [1.165, 1.54) is 0 Å². The quantitative estimate of drug-likeness (QED) is 0.512. The van der Waals surface area contributed by atoms with Crippen LogP contribution in [0.3, 0.4) is 0 Å². The minimum atomic E-state index is -1.07. The second-order valence-corrected chi connectivity index (χ2v) is 5.11. The molecule has 1 atom stereocenters. The summed E-state index contributed by atoms with van der Waals surface area (Å²) in [5.41, 5.74) is 4.29. The van der Waals surface area contributed by atoms with Crippen LogP contribution in [0.5, 0.6) is 0 Å². The standard InChI is InChI=1S/C12H23N3O4/c1-4-5-6-8(9(16)17)15-11(19)14-7-12(2,3)10(13)18/h8H,4-7H2,1-3H3,(H2,13,18)(H,16,17)(H2,14,15,19). The molecule has 7 heteroatoms. The fourth-order valence-corrected chi connectivity index (χ4v) is 1.26. The molecule has 0 radical (unpaired) electrons. The number of carboxylic acid groups (broad SMARTS) is 1. The van der Waals surface area contributed by atoms with E-state index in [4.69, 9.17) is 10.8 Å². The molecule has 110 valence electrons. The highest BCUT2D eigenvalue weighted by Crippen LogP contribution is 2.11. The number of primary amides is 1. The summed E-state index contributed by atoms with van der Waals surface area (Å²) in [6, 6.07) is -1.53. The molecular weight excluding hydrogens is 250 g/mol. The highest BCUT2D eigenvalue weighted by atomic mass is 16.4. The van der Waals surface area contributed by atoms with Crippen LogP contribution in [0.1, 0.15) is 40.0 Å². The van der Waals surface area contributed by atoms with Crippen molar-refractivity contribution < 1.29 is 19.5 Å². The summed E-state index contributed by atoms with van der Waals surface area (Å²) in [5.74, 6) is -1.61. The third-order valence-corrected chi connectivity index (χ3v) is 2.81. The molecule has 0 saturated heterocycles. The molecule has 0 rings (SSSR count). The maximum Gasteiger partial charge on any atom is 0.326 e. The van der Waals surface area contributed by atoms with Gasteiger partial charge in [0.2, 0.25) is 5.91 Å². The summed E-state index contributed by atoms with van der Waals surface area (Å²) >= 11 is 0. The molecule has 7 nitrogen and oxygen atoms in total. The molecule has 0 saturated carbocycles. The van der Waals surface area contributed by atoms with Gasteiger partial charge in [-0.2, -0.15) is 0 Å². The van der Waals surface area contributed by atoms with E-state index in [1.807, 2.05) is 6.92 Å². The van der Waals surface area contributed by atoms with Crippen LogP contribution in [0.15, 0.2) is 0 Å². The Morgan fingerprint density at radius 3 is 2.32 bits per heavy atom.